The average Bonchev–Trinajstić information content (AvgIpc) is 2.31. The molecular weight excluding hydrogens is 407 g/mol. The Morgan fingerprint density at radius 2 is 2.28 bits per heavy atom. The van der Waals surface area contributed by atoms with E-state index in [1.807, 2.05) is 23.1 Å². The van der Waals surface area contributed by atoms with Crippen LogP contribution in [0.5, 0.6) is 0 Å². The number of halogens is 2. The van der Waals surface area contributed by atoms with E-state index in [1.165, 1.54) is 0 Å². The van der Waals surface area contributed by atoms with Gasteiger partial charge in [-0.05, 0) is 76.5 Å². The molecule has 1 aliphatic rings. The van der Waals surface area contributed by atoms with Crippen molar-refractivity contribution in [3.63, 3.8) is 0 Å². The number of likely N-dealkylation sites (tertiary alicyclic amines) is 1. The van der Waals surface area contributed by atoms with Crippen molar-refractivity contribution in [1.82, 2.24) is 4.90 Å². The van der Waals surface area contributed by atoms with Gasteiger partial charge in [0.2, 0.25) is 0 Å². The van der Waals surface area contributed by atoms with Crippen molar-refractivity contribution in [3.05, 3.63) is 31.8 Å². The second-order valence-electron chi connectivity index (χ2n) is 4.76. The molecule has 0 aromatic heterocycles. The van der Waals surface area contributed by atoms with Gasteiger partial charge in [-0.2, -0.15) is 0 Å². The van der Waals surface area contributed by atoms with E-state index in [0.29, 0.717) is 0 Å². The summed E-state index contributed by atoms with van der Waals surface area (Å²) in [6, 6.07) is 6.27. The zero-order chi connectivity index (χ0) is 13.3. The fourth-order valence-electron chi connectivity index (χ4n) is 2.33. The number of carbonyl (C=O) groups excluding carboxylic acids is 1. The van der Waals surface area contributed by atoms with Crippen LogP contribution < -0.4 is 5.73 Å². The summed E-state index contributed by atoms with van der Waals surface area (Å²) in [5, 5.41) is 0. The quantitative estimate of drug-likeness (QED) is 0.707. The standard InChI is InChI=1S/C13H16BrIN2O/c1-8-6-10(16)4-5-17(8)13(18)11-7-9(15)2-3-12(11)14/h2-3,7-8,10H,4-6,16H2,1H3. The van der Waals surface area contributed by atoms with Crippen molar-refractivity contribution < 1.29 is 4.79 Å². The van der Waals surface area contributed by atoms with E-state index in [1.54, 1.807) is 0 Å². The van der Waals surface area contributed by atoms with E-state index >= 15 is 0 Å². The minimum Gasteiger partial charge on any atom is -0.336 e. The summed E-state index contributed by atoms with van der Waals surface area (Å²) in [6.45, 7) is 2.82. The molecular formula is C13H16BrIN2O. The van der Waals surface area contributed by atoms with Crippen LogP contribution in [0.3, 0.4) is 0 Å². The Hall–Kier alpha value is -0.140. The second kappa shape index (κ2) is 5.88. The SMILES string of the molecule is CC1CC(N)CCN1C(=O)c1cc(I)ccc1Br. The van der Waals surface area contributed by atoms with Gasteiger partial charge >= 0.3 is 0 Å². The molecule has 1 fully saturated rings. The number of hydrogen-bond acceptors (Lipinski definition) is 2. The first-order valence-corrected chi connectivity index (χ1v) is 7.88. The molecule has 2 unspecified atom stereocenters. The van der Waals surface area contributed by atoms with Crippen LogP contribution in [0.15, 0.2) is 22.7 Å². The number of piperidine rings is 1. The molecule has 3 nitrogen and oxygen atoms in total. The van der Waals surface area contributed by atoms with Crippen LogP contribution >= 0.6 is 38.5 Å². The molecule has 1 heterocycles. The van der Waals surface area contributed by atoms with Crippen molar-refractivity contribution in [2.24, 2.45) is 5.73 Å². The molecule has 1 aromatic rings. The first-order valence-electron chi connectivity index (χ1n) is 6.00. The molecule has 1 amide bonds. The molecule has 0 saturated carbocycles. The number of benzene rings is 1. The minimum atomic E-state index is 0.0970. The van der Waals surface area contributed by atoms with Gasteiger partial charge in [-0.3, -0.25) is 4.79 Å². The molecule has 98 valence electrons. The van der Waals surface area contributed by atoms with Crippen molar-refractivity contribution in [2.75, 3.05) is 6.54 Å². The van der Waals surface area contributed by atoms with Gasteiger partial charge in [-0.15, -0.1) is 0 Å². The fourth-order valence-corrected chi connectivity index (χ4v) is 3.23. The number of nitrogens with two attached hydrogens (primary N) is 1. The highest BCUT2D eigenvalue weighted by Gasteiger charge is 2.28. The van der Waals surface area contributed by atoms with E-state index in [9.17, 15) is 4.79 Å². The smallest absolute Gasteiger partial charge is 0.255 e. The lowest BCUT2D eigenvalue weighted by Crippen LogP contribution is -2.48. The Bertz CT molecular complexity index is 466. The van der Waals surface area contributed by atoms with E-state index in [2.05, 4.69) is 45.4 Å². The summed E-state index contributed by atoms with van der Waals surface area (Å²) in [6.07, 6.45) is 1.77. The summed E-state index contributed by atoms with van der Waals surface area (Å²) in [7, 11) is 0. The molecule has 18 heavy (non-hydrogen) atoms. The Labute approximate surface area is 129 Å². The Morgan fingerprint density at radius 1 is 1.56 bits per heavy atom. The minimum absolute atomic E-state index is 0.0970. The third kappa shape index (κ3) is 3.05. The van der Waals surface area contributed by atoms with Crippen LogP contribution in [0.4, 0.5) is 0 Å². The van der Waals surface area contributed by atoms with Gasteiger partial charge in [0.15, 0.2) is 0 Å². The molecule has 1 aromatic carbocycles. The molecule has 2 N–H and O–H groups in total. The van der Waals surface area contributed by atoms with Crippen molar-refractivity contribution in [2.45, 2.75) is 31.8 Å². The van der Waals surface area contributed by atoms with Crippen LogP contribution in [0.1, 0.15) is 30.1 Å². The Morgan fingerprint density at radius 3 is 2.94 bits per heavy atom. The highest BCUT2D eigenvalue weighted by atomic mass is 127. The molecule has 2 rings (SSSR count). The lowest BCUT2D eigenvalue weighted by Gasteiger charge is -2.36. The van der Waals surface area contributed by atoms with Gasteiger partial charge in [0, 0.05) is 26.7 Å². The van der Waals surface area contributed by atoms with Gasteiger partial charge in [0.25, 0.3) is 5.91 Å². The average molecular weight is 423 g/mol. The molecule has 1 aliphatic heterocycles. The molecule has 1 saturated heterocycles. The first kappa shape index (κ1) is 14.3. The van der Waals surface area contributed by atoms with Gasteiger partial charge in [-0.25, -0.2) is 0 Å². The summed E-state index contributed by atoms with van der Waals surface area (Å²) in [5.74, 6) is 0.0970. The number of nitrogens with zero attached hydrogens (tertiary/aromatic N) is 1. The molecule has 0 aliphatic carbocycles. The molecule has 5 heteroatoms. The largest absolute Gasteiger partial charge is 0.336 e. The highest BCUT2D eigenvalue weighted by Crippen LogP contribution is 2.24. The summed E-state index contributed by atoms with van der Waals surface area (Å²) >= 11 is 5.68. The molecule has 0 spiro atoms. The Balaban J connectivity index is 2.23. The first-order chi connectivity index (χ1) is 8.49. The van der Waals surface area contributed by atoms with Crippen molar-refractivity contribution in [1.29, 1.82) is 0 Å². The van der Waals surface area contributed by atoms with E-state index in [-0.39, 0.29) is 18.0 Å². The lowest BCUT2D eigenvalue weighted by atomic mass is 9.98. The lowest BCUT2D eigenvalue weighted by molar-refractivity contribution is 0.0618. The summed E-state index contributed by atoms with van der Waals surface area (Å²) < 4.78 is 1.93. The van der Waals surface area contributed by atoms with Crippen LogP contribution in [-0.4, -0.2) is 29.4 Å². The molecule has 0 bridgehead atoms. The van der Waals surface area contributed by atoms with Crippen molar-refractivity contribution >= 4 is 44.4 Å². The number of rotatable bonds is 1. The second-order valence-corrected chi connectivity index (χ2v) is 6.86. The normalized spacial score (nSPS) is 24.1. The maximum atomic E-state index is 12.5. The highest BCUT2D eigenvalue weighted by molar-refractivity contribution is 14.1. The van der Waals surface area contributed by atoms with Gasteiger partial charge in [0.1, 0.15) is 0 Å². The van der Waals surface area contributed by atoms with Gasteiger partial charge in [-0.1, -0.05) is 0 Å². The topological polar surface area (TPSA) is 46.3 Å². The van der Waals surface area contributed by atoms with Crippen LogP contribution in [0.25, 0.3) is 0 Å². The molecule has 0 radical (unpaired) electrons. The predicted octanol–water partition coefficient (Wildman–Crippen LogP) is 3.01. The third-order valence-electron chi connectivity index (χ3n) is 3.34. The molecule has 2 atom stereocenters. The van der Waals surface area contributed by atoms with Gasteiger partial charge < -0.3 is 10.6 Å². The van der Waals surface area contributed by atoms with Crippen LogP contribution in [-0.2, 0) is 0 Å². The maximum Gasteiger partial charge on any atom is 0.255 e. The van der Waals surface area contributed by atoms with E-state index in [4.69, 9.17) is 5.73 Å². The van der Waals surface area contributed by atoms with Crippen molar-refractivity contribution in [3.8, 4) is 0 Å². The summed E-state index contributed by atoms with van der Waals surface area (Å²) in [5.41, 5.74) is 6.67. The summed E-state index contributed by atoms with van der Waals surface area (Å²) in [4.78, 5) is 14.5. The number of amides is 1. The Kier molecular flexibility index (Phi) is 4.66. The fraction of sp³-hybridized carbons (Fsp3) is 0.462. The van der Waals surface area contributed by atoms with E-state index in [0.717, 1.165) is 33.0 Å². The maximum absolute atomic E-state index is 12.5. The number of carbonyl (C=O) groups is 1. The van der Waals surface area contributed by atoms with Gasteiger partial charge in [0.05, 0.1) is 5.56 Å². The number of hydrogen-bond donors (Lipinski definition) is 1. The zero-order valence-corrected chi connectivity index (χ0v) is 13.9. The zero-order valence-electron chi connectivity index (χ0n) is 10.2. The predicted molar refractivity (Wildman–Crippen MR) is 84.6 cm³/mol. The monoisotopic (exact) mass is 422 g/mol. The van der Waals surface area contributed by atoms with E-state index < -0.39 is 0 Å². The third-order valence-corrected chi connectivity index (χ3v) is 4.70. The van der Waals surface area contributed by atoms with Crippen LogP contribution in [0.2, 0.25) is 0 Å². The van der Waals surface area contributed by atoms with Crippen LogP contribution in [0, 0.1) is 3.57 Å².